The van der Waals surface area contributed by atoms with E-state index in [2.05, 4.69) is 5.10 Å². The molecule has 102 valence electrons. The minimum Gasteiger partial charge on any atom is -0.459 e. The Balaban J connectivity index is 2.69. The van der Waals surface area contributed by atoms with Gasteiger partial charge >= 0.3 is 5.97 Å². The van der Waals surface area contributed by atoms with Crippen molar-refractivity contribution in [2.75, 3.05) is 0 Å². The van der Waals surface area contributed by atoms with Crippen molar-refractivity contribution in [2.45, 2.75) is 59.2 Å². The third-order valence-corrected chi connectivity index (χ3v) is 2.42. The van der Waals surface area contributed by atoms with E-state index in [-0.39, 0.29) is 5.97 Å². The molecule has 0 aromatic carbocycles. The fourth-order valence-corrected chi connectivity index (χ4v) is 1.72. The lowest BCUT2D eigenvalue weighted by atomic mass is 10.1. The summed E-state index contributed by atoms with van der Waals surface area (Å²) in [6.07, 6.45) is 0.448. The first-order valence-electron chi connectivity index (χ1n) is 6.24. The molecular formula is C13H23N3O2. The van der Waals surface area contributed by atoms with Gasteiger partial charge in [0.1, 0.15) is 11.6 Å². The summed E-state index contributed by atoms with van der Waals surface area (Å²) in [5.74, 6) is -0.371. The fourth-order valence-electron chi connectivity index (χ4n) is 1.72. The summed E-state index contributed by atoms with van der Waals surface area (Å²) in [5, 5.41) is 4.33. The summed E-state index contributed by atoms with van der Waals surface area (Å²) in [6, 6.07) is 1.30. The fraction of sp³-hybridized carbons (Fsp3) is 0.692. The van der Waals surface area contributed by atoms with Gasteiger partial charge in [-0.3, -0.25) is 9.48 Å². The smallest absolute Gasteiger partial charge is 0.323 e. The van der Waals surface area contributed by atoms with Crippen molar-refractivity contribution in [3.05, 3.63) is 17.5 Å². The van der Waals surface area contributed by atoms with E-state index >= 15 is 0 Å². The van der Waals surface area contributed by atoms with E-state index in [9.17, 15) is 4.79 Å². The molecule has 1 aromatic rings. The highest BCUT2D eigenvalue weighted by molar-refractivity contribution is 5.76. The predicted molar refractivity (Wildman–Crippen MR) is 70.2 cm³/mol. The zero-order valence-electron chi connectivity index (χ0n) is 11.9. The molecule has 0 aliphatic rings. The van der Waals surface area contributed by atoms with Gasteiger partial charge in [-0.25, -0.2) is 0 Å². The monoisotopic (exact) mass is 253 g/mol. The number of rotatable bonds is 4. The molecule has 0 fully saturated rings. The summed E-state index contributed by atoms with van der Waals surface area (Å²) in [6.45, 7) is 10.2. The molecule has 0 spiro atoms. The average molecular weight is 253 g/mol. The van der Waals surface area contributed by atoms with Gasteiger partial charge in [0.05, 0.1) is 5.69 Å². The molecule has 0 bridgehead atoms. The standard InChI is InChI=1S/C13H23N3O2/c1-6-16-10(7-9(2)15-16)8-11(14)12(17)18-13(3,4)5/h7,11H,6,8,14H2,1-5H3. The van der Waals surface area contributed by atoms with Crippen LogP contribution in [0.4, 0.5) is 0 Å². The van der Waals surface area contributed by atoms with Crippen LogP contribution >= 0.6 is 0 Å². The topological polar surface area (TPSA) is 70.1 Å². The third-order valence-electron chi connectivity index (χ3n) is 2.42. The highest BCUT2D eigenvalue weighted by atomic mass is 16.6. The number of hydrogen-bond acceptors (Lipinski definition) is 4. The van der Waals surface area contributed by atoms with Gasteiger partial charge in [-0.15, -0.1) is 0 Å². The lowest BCUT2D eigenvalue weighted by molar-refractivity contribution is -0.156. The zero-order valence-corrected chi connectivity index (χ0v) is 11.9. The van der Waals surface area contributed by atoms with E-state index in [0.717, 1.165) is 17.9 Å². The molecule has 1 unspecified atom stereocenters. The first-order chi connectivity index (χ1) is 8.23. The molecule has 0 aliphatic carbocycles. The number of carbonyl (C=O) groups excluding carboxylic acids is 1. The van der Waals surface area contributed by atoms with Crippen LogP contribution in [0.5, 0.6) is 0 Å². The summed E-state index contributed by atoms with van der Waals surface area (Å²) < 4.78 is 7.12. The van der Waals surface area contributed by atoms with Crippen molar-refractivity contribution in [3.8, 4) is 0 Å². The Hall–Kier alpha value is -1.36. The summed E-state index contributed by atoms with van der Waals surface area (Å²) in [7, 11) is 0. The van der Waals surface area contributed by atoms with Crippen molar-refractivity contribution in [1.82, 2.24) is 9.78 Å². The second-order valence-electron chi connectivity index (χ2n) is 5.44. The van der Waals surface area contributed by atoms with Crippen LogP contribution < -0.4 is 5.73 Å². The molecule has 18 heavy (non-hydrogen) atoms. The van der Waals surface area contributed by atoms with Crippen molar-refractivity contribution in [3.63, 3.8) is 0 Å². The SMILES string of the molecule is CCn1nc(C)cc1CC(N)C(=O)OC(C)(C)C. The number of carbonyl (C=O) groups is 1. The highest BCUT2D eigenvalue weighted by Crippen LogP contribution is 2.11. The van der Waals surface area contributed by atoms with Crippen molar-refractivity contribution < 1.29 is 9.53 Å². The second kappa shape index (κ2) is 5.52. The molecule has 0 aliphatic heterocycles. The molecule has 5 nitrogen and oxygen atoms in total. The molecule has 0 radical (unpaired) electrons. The van der Waals surface area contributed by atoms with E-state index in [1.165, 1.54) is 0 Å². The first kappa shape index (κ1) is 14.7. The number of esters is 1. The number of nitrogens with zero attached hydrogens (tertiary/aromatic N) is 2. The molecule has 1 atom stereocenters. The molecular weight excluding hydrogens is 230 g/mol. The Labute approximate surface area is 108 Å². The molecule has 0 amide bonds. The van der Waals surface area contributed by atoms with Crippen LogP contribution in [0.25, 0.3) is 0 Å². The minimum atomic E-state index is -0.648. The Bertz CT molecular complexity index is 418. The molecule has 5 heteroatoms. The van der Waals surface area contributed by atoms with Gasteiger partial charge in [-0.2, -0.15) is 5.10 Å². The van der Waals surface area contributed by atoms with Crippen LogP contribution in [-0.2, 0) is 22.5 Å². The van der Waals surface area contributed by atoms with Gasteiger partial charge < -0.3 is 10.5 Å². The number of hydrogen-bond donors (Lipinski definition) is 1. The molecule has 1 aromatic heterocycles. The van der Waals surface area contributed by atoms with Crippen molar-refractivity contribution in [1.29, 1.82) is 0 Å². The van der Waals surface area contributed by atoms with Crippen LogP contribution in [0.1, 0.15) is 39.1 Å². The van der Waals surface area contributed by atoms with Crippen LogP contribution in [-0.4, -0.2) is 27.4 Å². The lowest BCUT2D eigenvalue weighted by Gasteiger charge is -2.22. The largest absolute Gasteiger partial charge is 0.459 e. The molecule has 0 saturated carbocycles. The van der Waals surface area contributed by atoms with Crippen LogP contribution in [0.3, 0.4) is 0 Å². The van der Waals surface area contributed by atoms with E-state index in [0.29, 0.717) is 6.42 Å². The van der Waals surface area contributed by atoms with E-state index in [1.54, 1.807) is 0 Å². The zero-order chi connectivity index (χ0) is 13.9. The van der Waals surface area contributed by atoms with Gasteiger partial charge in [-0.05, 0) is 40.7 Å². The summed E-state index contributed by atoms with van der Waals surface area (Å²) >= 11 is 0. The van der Waals surface area contributed by atoms with E-state index in [4.69, 9.17) is 10.5 Å². The highest BCUT2D eigenvalue weighted by Gasteiger charge is 2.23. The number of ether oxygens (including phenoxy) is 1. The van der Waals surface area contributed by atoms with Gasteiger partial charge in [0.25, 0.3) is 0 Å². The van der Waals surface area contributed by atoms with Gasteiger partial charge in [0.2, 0.25) is 0 Å². The molecule has 1 rings (SSSR count). The number of aryl methyl sites for hydroxylation is 2. The van der Waals surface area contributed by atoms with E-state index < -0.39 is 11.6 Å². The molecule has 1 heterocycles. The number of nitrogens with two attached hydrogens (primary N) is 1. The molecule has 0 saturated heterocycles. The maximum absolute atomic E-state index is 11.8. The Morgan fingerprint density at radius 2 is 2.17 bits per heavy atom. The average Bonchev–Trinajstić information content (AvgIpc) is 2.56. The van der Waals surface area contributed by atoms with Crippen LogP contribution in [0.15, 0.2) is 6.07 Å². The van der Waals surface area contributed by atoms with Crippen molar-refractivity contribution in [2.24, 2.45) is 5.73 Å². The molecule has 2 N–H and O–H groups in total. The maximum Gasteiger partial charge on any atom is 0.323 e. The first-order valence-corrected chi connectivity index (χ1v) is 6.24. The van der Waals surface area contributed by atoms with Gasteiger partial charge in [0.15, 0.2) is 0 Å². The van der Waals surface area contributed by atoms with Gasteiger partial charge in [0, 0.05) is 18.7 Å². The maximum atomic E-state index is 11.8. The second-order valence-corrected chi connectivity index (χ2v) is 5.44. The summed E-state index contributed by atoms with van der Waals surface area (Å²) in [5.41, 5.74) is 7.27. The Morgan fingerprint density at radius 3 is 2.67 bits per heavy atom. The summed E-state index contributed by atoms with van der Waals surface area (Å²) in [4.78, 5) is 11.8. The predicted octanol–water partition coefficient (Wildman–Crippen LogP) is 1.42. The quantitative estimate of drug-likeness (QED) is 0.824. The normalized spacial score (nSPS) is 13.4. The Morgan fingerprint density at radius 1 is 1.56 bits per heavy atom. The Kier molecular flexibility index (Phi) is 4.51. The lowest BCUT2D eigenvalue weighted by Crippen LogP contribution is -2.39. The number of aromatic nitrogens is 2. The van der Waals surface area contributed by atoms with Crippen LogP contribution in [0, 0.1) is 6.92 Å². The third kappa shape index (κ3) is 4.14. The minimum absolute atomic E-state index is 0.371. The van der Waals surface area contributed by atoms with E-state index in [1.807, 2.05) is 45.4 Å². The van der Waals surface area contributed by atoms with Crippen molar-refractivity contribution >= 4 is 5.97 Å². The van der Waals surface area contributed by atoms with Crippen LogP contribution in [0.2, 0.25) is 0 Å². The van der Waals surface area contributed by atoms with Gasteiger partial charge in [-0.1, -0.05) is 0 Å².